The Balaban J connectivity index is 2.04. The molecule has 1 unspecified atom stereocenters. The number of aliphatic imine (C=N–C) groups is 1. The van der Waals surface area contributed by atoms with E-state index in [9.17, 15) is 14.4 Å². The predicted octanol–water partition coefficient (Wildman–Crippen LogP) is 1.96. The van der Waals surface area contributed by atoms with E-state index in [2.05, 4.69) is 9.98 Å². The first-order valence-electron chi connectivity index (χ1n) is 8.71. The first kappa shape index (κ1) is 17.2. The molecule has 4 rings (SSSR count). The van der Waals surface area contributed by atoms with Gasteiger partial charge >= 0.3 is 0 Å². The third kappa shape index (κ3) is 2.14. The molecule has 0 bridgehead atoms. The van der Waals surface area contributed by atoms with Gasteiger partial charge in [-0.2, -0.15) is 4.99 Å². The number of benzene rings is 1. The van der Waals surface area contributed by atoms with Crippen LogP contribution in [0.5, 0.6) is 0 Å². The molecule has 1 atom stereocenters. The molecule has 0 saturated carbocycles. The number of nitrogens with one attached hydrogen (secondary N) is 1. The summed E-state index contributed by atoms with van der Waals surface area (Å²) < 4.78 is 0. The lowest BCUT2D eigenvalue weighted by Crippen LogP contribution is -2.58. The van der Waals surface area contributed by atoms with Gasteiger partial charge in [0.2, 0.25) is 5.96 Å². The Labute approximate surface area is 156 Å². The van der Waals surface area contributed by atoms with Crippen molar-refractivity contribution in [1.82, 2.24) is 14.8 Å². The normalized spacial score (nSPS) is 22.4. The molecule has 2 aliphatic heterocycles. The highest BCUT2D eigenvalue weighted by Crippen LogP contribution is 2.47. The Morgan fingerprint density at radius 2 is 1.96 bits per heavy atom. The number of aromatic nitrogens is 1. The third-order valence-corrected chi connectivity index (χ3v) is 5.29. The standard InChI is InChI=1S/C20H20N4O3/c1-11-9-20(14-10-21-15-8-6-5-7-13(14)15)18(27)22-19(23(3)4)24(20)17(26)16(11)12(2)25/h5-8,10,21H,9H2,1-4H3. The van der Waals surface area contributed by atoms with E-state index in [1.807, 2.05) is 24.3 Å². The molecule has 0 fully saturated rings. The SMILES string of the molecule is CC(=O)C1=C(C)CC2(c3c[nH]c4ccccc34)C(=O)N=C(N(C)C)N2C1=O. The van der Waals surface area contributed by atoms with Gasteiger partial charge in [-0.15, -0.1) is 0 Å². The monoisotopic (exact) mass is 364 g/mol. The molecule has 138 valence electrons. The average Bonchev–Trinajstić information content (AvgIpc) is 3.15. The number of Topliss-reactive ketones (excluding diaryl/α,β-unsaturated/α-hetero) is 1. The lowest BCUT2D eigenvalue weighted by molar-refractivity contribution is -0.139. The molecule has 2 amide bonds. The minimum absolute atomic E-state index is 0.134. The van der Waals surface area contributed by atoms with E-state index >= 15 is 0 Å². The zero-order valence-corrected chi connectivity index (χ0v) is 15.7. The largest absolute Gasteiger partial charge is 0.361 e. The number of para-hydroxylation sites is 1. The predicted molar refractivity (Wildman–Crippen MR) is 101 cm³/mol. The second kappa shape index (κ2) is 5.64. The average molecular weight is 364 g/mol. The number of hydrogen-bond acceptors (Lipinski definition) is 4. The molecule has 7 heteroatoms. The molecule has 0 aliphatic carbocycles. The van der Waals surface area contributed by atoms with E-state index in [1.165, 1.54) is 11.8 Å². The first-order valence-corrected chi connectivity index (χ1v) is 8.71. The van der Waals surface area contributed by atoms with Crippen LogP contribution in [0.4, 0.5) is 0 Å². The van der Waals surface area contributed by atoms with Gasteiger partial charge in [-0.1, -0.05) is 23.8 Å². The maximum atomic E-state index is 13.3. The van der Waals surface area contributed by atoms with Gasteiger partial charge in [0.25, 0.3) is 11.8 Å². The molecular weight excluding hydrogens is 344 g/mol. The number of amides is 2. The van der Waals surface area contributed by atoms with Crippen molar-refractivity contribution in [3.8, 4) is 0 Å². The summed E-state index contributed by atoms with van der Waals surface area (Å²) in [5.74, 6) is -0.926. The maximum Gasteiger partial charge on any atom is 0.280 e. The number of rotatable bonds is 2. The third-order valence-electron chi connectivity index (χ3n) is 5.29. The topological polar surface area (TPSA) is 85.8 Å². The van der Waals surface area contributed by atoms with Crippen molar-refractivity contribution in [3.63, 3.8) is 0 Å². The van der Waals surface area contributed by atoms with Gasteiger partial charge in [0.1, 0.15) is 0 Å². The van der Waals surface area contributed by atoms with Gasteiger partial charge in [-0.25, -0.2) is 0 Å². The van der Waals surface area contributed by atoms with Crippen molar-refractivity contribution in [2.45, 2.75) is 25.8 Å². The lowest BCUT2D eigenvalue weighted by Gasteiger charge is -2.42. The molecule has 3 heterocycles. The quantitative estimate of drug-likeness (QED) is 0.826. The van der Waals surface area contributed by atoms with E-state index in [4.69, 9.17) is 0 Å². The number of carbonyl (C=O) groups excluding carboxylic acids is 3. The number of H-pyrrole nitrogens is 1. The summed E-state index contributed by atoms with van der Waals surface area (Å²) in [7, 11) is 3.45. The van der Waals surface area contributed by atoms with Crippen LogP contribution in [0.2, 0.25) is 0 Å². The maximum absolute atomic E-state index is 13.3. The highest BCUT2D eigenvalue weighted by atomic mass is 16.2. The number of ketones is 1. The summed E-state index contributed by atoms with van der Waals surface area (Å²) in [5, 5.41) is 0.859. The molecular formula is C20H20N4O3. The highest BCUT2D eigenvalue weighted by Gasteiger charge is 2.59. The summed E-state index contributed by atoms with van der Waals surface area (Å²) in [5.41, 5.74) is 1.03. The number of carbonyl (C=O) groups is 3. The van der Waals surface area contributed by atoms with Crippen LogP contribution >= 0.6 is 0 Å². The van der Waals surface area contributed by atoms with Gasteiger partial charge in [0.15, 0.2) is 11.3 Å². The Bertz CT molecular complexity index is 1080. The summed E-state index contributed by atoms with van der Waals surface area (Å²) >= 11 is 0. The molecule has 2 aromatic rings. The number of nitrogens with zero attached hydrogens (tertiary/aromatic N) is 3. The fourth-order valence-electron chi connectivity index (χ4n) is 4.18. The zero-order valence-electron chi connectivity index (χ0n) is 15.7. The molecule has 0 radical (unpaired) electrons. The molecule has 0 saturated heterocycles. The fraction of sp³-hybridized carbons (Fsp3) is 0.300. The van der Waals surface area contributed by atoms with E-state index in [0.717, 1.165) is 10.9 Å². The fourth-order valence-corrected chi connectivity index (χ4v) is 4.18. The molecule has 2 aliphatic rings. The van der Waals surface area contributed by atoms with Crippen LogP contribution in [0.3, 0.4) is 0 Å². The van der Waals surface area contributed by atoms with Crippen molar-refractivity contribution in [3.05, 3.63) is 47.2 Å². The van der Waals surface area contributed by atoms with Crippen LogP contribution in [0.1, 0.15) is 25.8 Å². The first-order chi connectivity index (χ1) is 12.8. The van der Waals surface area contributed by atoms with Crippen molar-refractivity contribution < 1.29 is 14.4 Å². The minimum Gasteiger partial charge on any atom is -0.361 e. The van der Waals surface area contributed by atoms with E-state index in [-0.39, 0.29) is 23.7 Å². The summed E-state index contributed by atoms with van der Waals surface area (Å²) in [6.45, 7) is 3.11. The van der Waals surface area contributed by atoms with Crippen molar-refractivity contribution in [2.24, 2.45) is 4.99 Å². The van der Waals surface area contributed by atoms with Crippen LogP contribution in [0.15, 0.2) is 46.6 Å². The van der Waals surface area contributed by atoms with E-state index in [0.29, 0.717) is 11.1 Å². The van der Waals surface area contributed by atoms with Crippen molar-refractivity contribution in [2.75, 3.05) is 14.1 Å². The van der Waals surface area contributed by atoms with Gasteiger partial charge < -0.3 is 9.88 Å². The second-order valence-electron chi connectivity index (χ2n) is 7.25. The number of guanidine groups is 1. The van der Waals surface area contributed by atoms with Gasteiger partial charge in [-0.3, -0.25) is 19.3 Å². The van der Waals surface area contributed by atoms with Crippen LogP contribution in [0.25, 0.3) is 10.9 Å². The van der Waals surface area contributed by atoms with Crippen LogP contribution < -0.4 is 0 Å². The van der Waals surface area contributed by atoms with Crippen LogP contribution in [-0.4, -0.2) is 52.4 Å². The molecule has 1 aromatic carbocycles. The number of hydrogen-bond donors (Lipinski definition) is 1. The lowest BCUT2D eigenvalue weighted by atomic mass is 9.77. The smallest absolute Gasteiger partial charge is 0.280 e. The highest BCUT2D eigenvalue weighted by molar-refractivity contribution is 6.27. The number of fused-ring (bicyclic) bond motifs is 2. The van der Waals surface area contributed by atoms with Crippen LogP contribution in [-0.2, 0) is 19.9 Å². The van der Waals surface area contributed by atoms with Crippen molar-refractivity contribution >= 4 is 34.5 Å². The molecule has 7 nitrogen and oxygen atoms in total. The van der Waals surface area contributed by atoms with E-state index in [1.54, 1.807) is 32.1 Å². The Morgan fingerprint density at radius 1 is 1.26 bits per heavy atom. The Morgan fingerprint density at radius 3 is 2.63 bits per heavy atom. The van der Waals surface area contributed by atoms with E-state index < -0.39 is 17.4 Å². The molecule has 1 N–H and O–H groups in total. The van der Waals surface area contributed by atoms with Gasteiger partial charge in [-0.05, 0) is 19.9 Å². The van der Waals surface area contributed by atoms with Gasteiger partial charge in [0.05, 0.1) is 5.57 Å². The Hall–Kier alpha value is -3.22. The van der Waals surface area contributed by atoms with Crippen LogP contribution in [0, 0.1) is 0 Å². The molecule has 1 aromatic heterocycles. The summed E-state index contributed by atoms with van der Waals surface area (Å²) in [4.78, 5) is 49.1. The second-order valence-corrected chi connectivity index (χ2v) is 7.25. The molecule has 0 spiro atoms. The summed E-state index contributed by atoms with van der Waals surface area (Å²) in [6, 6.07) is 7.63. The number of aromatic amines is 1. The molecule has 27 heavy (non-hydrogen) atoms. The van der Waals surface area contributed by atoms with Crippen molar-refractivity contribution in [1.29, 1.82) is 0 Å². The summed E-state index contributed by atoms with van der Waals surface area (Å²) in [6.07, 6.45) is 2.00. The minimum atomic E-state index is -1.28. The zero-order chi connectivity index (χ0) is 19.5. The van der Waals surface area contributed by atoms with Gasteiger partial charge in [0, 0.05) is 43.2 Å². The Kier molecular flexibility index (Phi) is 3.59.